The van der Waals surface area contributed by atoms with E-state index in [9.17, 15) is 13.2 Å². The summed E-state index contributed by atoms with van der Waals surface area (Å²) in [7, 11) is -2.80. The zero-order valence-electron chi connectivity index (χ0n) is 11.5. The van der Waals surface area contributed by atoms with Crippen molar-refractivity contribution in [3.8, 4) is 0 Å². The van der Waals surface area contributed by atoms with E-state index in [1.807, 2.05) is 4.72 Å². The number of carbonyl (C=O) groups is 1. The Morgan fingerprint density at radius 2 is 1.95 bits per heavy atom. The number of ether oxygens (including phenoxy) is 1. The van der Waals surface area contributed by atoms with Gasteiger partial charge in [-0.2, -0.15) is 12.7 Å². The summed E-state index contributed by atoms with van der Waals surface area (Å²) in [6.07, 6.45) is 3.44. The van der Waals surface area contributed by atoms with E-state index >= 15 is 0 Å². The molecule has 1 saturated carbocycles. The third-order valence-corrected chi connectivity index (χ3v) is 5.32. The average molecular weight is 293 g/mol. The first-order valence-corrected chi connectivity index (χ1v) is 7.94. The fraction of sp³-hybridized carbons (Fsp3) is 0.909. The molecule has 1 aliphatic rings. The molecule has 112 valence electrons. The Hall–Kier alpha value is -0.860. The summed E-state index contributed by atoms with van der Waals surface area (Å²) in [5, 5.41) is 0. The first-order valence-electron chi connectivity index (χ1n) is 6.50. The molecule has 1 aliphatic carbocycles. The highest BCUT2D eigenvalue weighted by molar-refractivity contribution is 7.87. The minimum atomic E-state index is -3.93. The number of nitrogens with one attached hydrogen (secondary N) is 1. The van der Waals surface area contributed by atoms with E-state index < -0.39 is 21.8 Å². The Balaban J connectivity index is 3.00. The van der Waals surface area contributed by atoms with Crippen LogP contribution in [0.2, 0.25) is 0 Å². The van der Waals surface area contributed by atoms with Gasteiger partial charge in [0.05, 0.1) is 7.11 Å². The van der Waals surface area contributed by atoms with Crippen LogP contribution in [0.4, 0.5) is 4.79 Å². The van der Waals surface area contributed by atoms with Gasteiger partial charge < -0.3 is 10.5 Å². The normalized spacial score (nSPS) is 19.2. The second-order valence-corrected chi connectivity index (χ2v) is 6.35. The second kappa shape index (κ2) is 6.53. The van der Waals surface area contributed by atoms with E-state index in [1.54, 1.807) is 6.92 Å². The van der Waals surface area contributed by atoms with Crippen LogP contribution in [0.15, 0.2) is 0 Å². The highest BCUT2D eigenvalue weighted by atomic mass is 32.2. The number of carbonyl (C=O) groups excluding carboxylic acids is 1. The van der Waals surface area contributed by atoms with Gasteiger partial charge in [-0.25, -0.2) is 9.52 Å². The molecule has 1 fully saturated rings. The van der Waals surface area contributed by atoms with Gasteiger partial charge in [0.25, 0.3) is 0 Å². The number of methoxy groups -OCH3 is 1. The largest absolute Gasteiger partial charge is 0.452 e. The minimum absolute atomic E-state index is 0.253. The Morgan fingerprint density at radius 3 is 2.37 bits per heavy atom. The second-order valence-electron chi connectivity index (χ2n) is 4.75. The van der Waals surface area contributed by atoms with Gasteiger partial charge in [0.15, 0.2) is 0 Å². The molecule has 0 spiro atoms. The van der Waals surface area contributed by atoms with Crippen LogP contribution in [0.3, 0.4) is 0 Å². The Bertz CT molecular complexity index is 404. The number of hydrogen-bond acceptors (Lipinski definition) is 5. The summed E-state index contributed by atoms with van der Waals surface area (Å²) in [6.45, 7) is 2.26. The van der Waals surface area contributed by atoms with Crippen molar-refractivity contribution in [2.45, 2.75) is 44.6 Å². The molecule has 0 aromatic carbocycles. The van der Waals surface area contributed by atoms with E-state index in [1.165, 1.54) is 4.31 Å². The molecule has 0 aromatic heterocycles. The lowest BCUT2D eigenvalue weighted by atomic mass is 9.81. The maximum atomic E-state index is 12.3. The van der Waals surface area contributed by atoms with Gasteiger partial charge >= 0.3 is 16.3 Å². The quantitative estimate of drug-likeness (QED) is 0.771. The van der Waals surface area contributed by atoms with Crippen molar-refractivity contribution in [3.05, 3.63) is 0 Å². The number of amides is 1. The summed E-state index contributed by atoms with van der Waals surface area (Å²) in [4.78, 5) is 11.2. The van der Waals surface area contributed by atoms with Crippen molar-refractivity contribution >= 4 is 16.3 Å². The number of nitrogens with two attached hydrogens (primary N) is 1. The lowest BCUT2D eigenvalue weighted by molar-refractivity contribution is 0.137. The molecule has 7 nitrogen and oxygen atoms in total. The Morgan fingerprint density at radius 1 is 1.37 bits per heavy atom. The van der Waals surface area contributed by atoms with Crippen LogP contribution in [0.5, 0.6) is 0 Å². The third kappa shape index (κ3) is 3.58. The van der Waals surface area contributed by atoms with Crippen LogP contribution in [0.1, 0.15) is 39.0 Å². The smallest absolute Gasteiger partial charge is 0.421 e. The van der Waals surface area contributed by atoms with Gasteiger partial charge in [-0.1, -0.05) is 26.2 Å². The van der Waals surface area contributed by atoms with Crippen LogP contribution in [-0.2, 0) is 14.9 Å². The predicted octanol–water partition coefficient (Wildman–Crippen LogP) is 0.571. The molecule has 1 amide bonds. The standard InChI is InChI=1S/C11H23N3O4S/c1-3-14(19(16,17)13-10(15)18-2)11(9-12)7-5-4-6-8-11/h3-9,12H2,1-2H3,(H,13,15). The van der Waals surface area contributed by atoms with E-state index in [0.29, 0.717) is 0 Å². The molecule has 0 heterocycles. The third-order valence-electron chi connectivity index (χ3n) is 3.67. The molecule has 0 bridgehead atoms. The van der Waals surface area contributed by atoms with Gasteiger partial charge in [0.2, 0.25) is 0 Å². The molecule has 0 unspecified atom stereocenters. The van der Waals surface area contributed by atoms with Crippen molar-refractivity contribution in [2.24, 2.45) is 5.73 Å². The summed E-state index contributed by atoms with van der Waals surface area (Å²) in [5.41, 5.74) is 5.23. The summed E-state index contributed by atoms with van der Waals surface area (Å²) < 4.78 is 32.0. The van der Waals surface area contributed by atoms with Crippen LogP contribution in [0.25, 0.3) is 0 Å². The Kier molecular flexibility index (Phi) is 5.57. The van der Waals surface area contributed by atoms with Crippen LogP contribution < -0.4 is 10.5 Å². The van der Waals surface area contributed by atoms with Crippen molar-refractivity contribution < 1.29 is 17.9 Å². The minimum Gasteiger partial charge on any atom is -0.452 e. The molecule has 0 radical (unpaired) electrons. The van der Waals surface area contributed by atoms with Crippen LogP contribution in [-0.4, -0.2) is 44.6 Å². The molecule has 0 atom stereocenters. The Labute approximate surface area is 114 Å². The highest BCUT2D eigenvalue weighted by Crippen LogP contribution is 2.34. The van der Waals surface area contributed by atoms with Crippen LogP contribution >= 0.6 is 0 Å². The molecule has 0 aliphatic heterocycles. The fourth-order valence-corrected chi connectivity index (χ4v) is 4.24. The zero-order valence-corrected chi connectivity index (χ0v) is 12.3. The van der Waals surface area contributed by atoms with E-state index in [2.05, 4.69) is 4.74 Å². The maximum Gasteiger partial charge on any atom is 0.421 e. The first kappa shape index (κ1) is 16.2. The molecule has 8 heteroatoms. The number of hydrogen-bond donors (Lipinski definition) is 2. The van der Waals surface area contributed by atoms with Gasteiger partial charge in [-0.15, -0.1) is 0 Å². The van der Waals surface area contributed by atoms with Gasteiger partial charge in [0, 0.05) is 18.6 Å². The number of nitrogens with zero attached hydrogens (tertiary/aromatic N) is 1. The lowest BCUT2D eigenvalue weighted by Crippen LogP contribution is -2.60. The highest BCUT2D eigenvalue weighted by Gasteiger charge is 2.43. The fourth-order valence-electron chi connectivity index (χ4n) is 2.73. The zero-order chi connectivity index (χ0) is 14.5. The predicted molar refractivity (Wildman–Crippen MR) is 71.7 cm³/mol. The monoisotopic (exact) mass is 293 g/mol. The molecular weight excluding hydrogens is 270 g/mol. The molecule has 3 N–H and O–H groups in total. The van der Waals surface area contributed by atoms with Crippen molar-refractivity contribution in [2.75, 3.05) is 20.2 Å². The molecule has 0 saturated heterocycles. The molecule has 1 rings (SSSR count). The van der Waals surface area contributed by atoms with E-state index in [4.69, 9.17) is 5.73 Å². The molecule has 0 aromatic rings. The average Bonchev–Trinajstić information content (AvgIpc) is 2.39. The van der Waals surface area contributed by atoms with Crippen LogP contribution in [0, 0.1) is 0 Å². The summed E-state index contributed by atoms with van der Waals surface area (Å²) >= 11 is 0. The number of rotatable bonds is 5. The van der Waals surface area contributed by atoms with E-state index in [0.717, 1.165) is 39.2 Å². The summed E-state index contributed by atoms with van der Waals surface area (Å²) in [6, 6.07) is 0. The van der Waals surface area contributed by atoms with Gasteiger partial charge in [-0.3, -0.25) is 0 Å². The SMILES string of the molecule is CCN(C1(CN)CCCCC1)S(=O)(=O)NC(=O)OC. The topological polar surface area (TPSA) is 102 Å². The van der Waals surface area contributed by atoms with Crippen molar-refractivity contribution in [3.63, 3.8) is 0 Å². The lowest BCUT2D eigenvalue weighted by Gasteiger charge is -2.44. The number of likely N-dealkylation sites (N-methyl/N-ethyl adjacent to an activating group) is 1. The first-order chi connectivity index (χ1) is 8.91. The van der Waals surface area contributed by atoms with Crippen molar-refractivity contribution in [1.29, 1.82) is 0 Å². The maximum absolute atomic E-state index is 12.3. The van der Waals surface area contributed by atoms with Gasteiger partial charge in [-0.05, 0) is 12.8 Å². The summed E-state index contributed by atoms with van der Waals surface area (Å²) in [5.74, 6) is 0. The molecular formula is C11H23N3O4S. The van der Waals surface area contributed by atoms with Gasteiger partial charge in [0.1, 0.15) is 0 Å². The van der Waals surface area contributed by atoms with E-state index in [-0.39, 0.29) is 13.1 Å². The van der Waals surface area contributed by atoms with Crippen molar-refractivity contribution in [1.82, 2.24) is 9.03 Å². The molecule has 19 heavy (non-hydrogen) atoms.